The van der Waals surface area contributed by atoms with Crippen molar-refractivity contribution in [3.05, 3.63) is 11.8 Å². The molecule has 8 heteroatoms. The smallest absolute Gasteiger partial charge is 0.388 e. The molecular weight excluding hydrogens is 285 g/mol. The summed E-state index contributed by atoms with van der Waals surface area (Å²) in [5.74, 6) is 0.140. The number of alkyl halides is 3. The van der Waals surface area contributed by atoms with Crippen molar-refractivity contribution in [3.8, 4) is 0 Å². The molecule has 0 radical (unpaired) electrons. The van der Waals surface area contributed by atoms with Gasteiger partial charge in [-0.15, -0.1) is 0 Å². The number of hydrogen-bond acceptors (Lipinski definition) is 5. The number of nitrogens with zero attached hydrogens (tertiary/aromatic N) is 3. The van der Waals surface area contributed by atoms with Gasteiger partial charge in [-0.25, -0.2) is 4.98 Å². The van der Waals surface area contributed by atoms with Crippen LogP contribution in [0.2, 0.25) is 0 Å². The van der Waals surface area contributed by atoms with Crippen LogP contribution >= 0.6 is 0 Å². The summed E-state index contributed by atoms with van der Waals surface area (Å²) < 4.78 is 38.8. The normalized spacial score (nSPS) is 23.2. The second kappa shape index (κ2) is 5.67. The highest BCUT2D eigenvalue weighted by molar-refractivity contribution is 5.46. The highest BCUT2D eigenvalue weighted by Gasteiger charge is 2.35. The van der Waals surface area contributed by atoms with Gasteiger partial charge >= 0.3 is 6.18 Å². The maximum Gasteiger partial charge on any atom is 0.433 e. The van der Waals surface area contributed by atoms with Crippen LogP contribution in [0.5, 0.6) is 0 Å². The van der Waals surface area contributed by atoms with Crippen LogP contribution in [0.15, 0.2) is 6.07 Å². The Balaban J connectivity index is 2.35. The molecule has 1 aromatic heterocycles. The largest absolute Gasteiger partial charge is 0.433 e. The fourth-order valence-corrected chi connectivity index (χ4v) is 2.39. The Bertz CT molecular complexity index is 505. The van der Waals surface area contributed by atoms with E-state index in [2.05, 4.69) is 15.3 Å². The van der Waals surface area contributed by atoms with Gasteiger partial charge in [-0.3, -0.25) is 0 Å². The lowest BCUT2D eigenvalue weighted by Gasteiger charge is -2.37. The minimum absolute atomic E-state index is 0.0486. The van der Waals surface area contributed by atoms with Gasteiger partial charge in [0.05, 0.1) is 5.60 Å². The van der Waals surface area contributed by atoms with Crippen molar-refractivity contribution in [3.63, 3.8) is 0 Å². The molecule has 0 amide bonds. The summed E-state index contributed by atoms with van der Waals surface area (Å²) in [6.07, 6.45) is -3.20. The van der Waals surface area contributed by atoms with Crippen LogP contribution in [0.1, 0.15) is 32.4 Å². The molecule has 0 saturated carbocycles. The molecule has 0 spiro atoms. The van der Waals surface area contributed by atoms with Gasteiger partial charge in [-0.1, -0.05) is 0 Å². The number of aliphatic hydroxyl groups is 1. The van der Waals surface area contributed by atoms with Crippen LogP contribution in [-0.4, -0.2) is 40.3 Å². The third-order valence-corrected chi connectivity index (χ3v) is 3.34. The predicted octanol–water partition coefficient (Wildman–Crippen LogP) is 2.28. The number of halogens is 3. The molecule has 2 rings (SSSR count). The van der Waals surface area contributed by atoms with E-state index in [1.54, 1.807) is 18.7 Å². The Kier molecular flexibility index (Phi) is 4.27. The molecule has 1 aliphatic rings. The highest BCUT2D eigenvalue weighted by atomic mass is 19.4. The monoisotopic (exact) mass is 304 g/mol. The lowest BCUT2D eigenvalue weighted by atomic mass is 9.95. The number of β-amino-alcohol motifs (C(OH)–C–C–N with tert-alkyl or cyclic N) is 1. The SMILES string of the molecule is CCNc1nc(N2CCCC(C)(O)C2)cc(C(F)(F)F)n1. The quantitative estimate of drug-likeness (QED) is 0.897. The van der Waals surface area contributed by atoms with Gasteiger partial charge in [0.25, 0.3) is 0 Å². The van der Waals surface area contributed by atoms with Crippen molar-refractivity contribution >= 4 is 11.8 Å². The van der Waals surface area contributed by atoms with E-state index in [1.807, 2.05) is 0 Å². The maximum atomic E-state index is 12.9. The first kappa shape index (κ1) is 15.8. The van der Waals surface area contributed by atoms with Crippen LogP contribution in [0, 0.1) is 0 Å². The maximum absolute atomic E-state index is 12.9. The molecule has 5 nitrogen and oxygen atoms in total. The lowest BCUT2D eigenvalue weighted by molar-refractivity contribution is -0.141. The lowest BCUT2D eigenvalue weighted by Crippen LogP contribution is -2.46. The molecule has 1 unspecified atom stereocenters. The molecule has 0 aromatic carbocycles. The van der Waals surface area contributed by atoms with Crippen molar-refractivity contribution in [1.82, 2.24) is 9.97 Å². The van der Waals surface area contributed by atoms with E-state index in [-0.39, 0.29) is 18.3 Å². The topological polar surface area (TPSA) is 61.3 Å². The van der Waals surface area contributed by atoms with Gasteiger partial charge in [0.2, 0.25) is 5.95 Å². The van der Waals surface area contributed by atoms with Crippen LogP contribution in [-0.2, 0) is 6.18 Å². The van der Waals surface area contributed by atoms with Gasteiger partial charge in [-0.05, 0) is 26.7 Å². The van der Waals surface area contributed by atoms with E-state index < -0.39 is 17.5 Å². The van der Waals surface area contributed by atoms with Gasteiger partial charge in [-0.2, -0.15) is 18.2 Å². The van der Waals surface area contributed by atoms with E-state index in [4.69, 9.17) is 0 Å². The first-order chi connectivity index (χ1) is 9.71. The molecule has 1 atom stereocenters. The average Bonchev–Trinajstić information content (AvgIpc) is 2.36. The molecule has 21 heavy (non-hydrogen) atoms. The molecule has 118 valence electrons. The third kappa shape index (κ3) is 3.96. The zero-order valence-electron chi connectivity index (χ0n) is 12.0. The average molecular weight is 304 g/mol. The minimum Gasteiger partial charge on any atom is -0.388 e. The Labute approximate surface area is 121 Å². The molecule has 1 fully saturated rings. The van der Waals surface area contributed by atoms with E-state index >= 15 is 0 Å². The van der Waals surface area contributed by atoms with Gasteiger partial charge in [0.1, 0.15) is 5.82 Å². The van der Waals surface area contributed by atoms with Crippen LogP contribution < -0.4 is 10.2 Å². The van der Waals surface area contributed by atoms with Crippen molar-refractivity contribution in [2.45, 2.75) is 38.5 Å². The molecule has 1 aliphatic heterocycles. The predicted molar refractivity (Wildman–Crippen MR) is 73.3 cm³/mol. The summed E-state index contributed by atoms with van der Waals surface area (Å²) in [4.78, 5) is 9.28. The molecule has 2 N–H and O–H groups in total. The Morgan fingerprint density at radius 2 is 2.14 bits per heavy atom. The Hall–Kier alpha value is -1.57. The number of aromatic nitrogens is 2. The van der Waals surface area contributed by atoms with Gasteiger partial charge < -0.3 is 15.3 Å². The third-order valence-electron chi connectivity index (χ3n) is 3.34. The van der Waals surface area contributed by atoms with E-state index in [0.29, 0.717) is 25.9 Å². The summed E-state index contributed by atoms with van der Waals surface area (Å²) in [5.41, 5.74) is -1.89. The zero-order valence-corrected chi connectivity index (χ0v) is 12.0. The second-order valence-electron chi connectivity index (χ2n) is 5.49. The summed E-state index contributed by atoms with van der Waals surface area (Å²) >= 11 is 0. The number of hydrogen-bond donors (Lipinski definition) is 2. The fourth-order valence-electron chi connectivity index (χ4n) is 2.39. The van der Waals surface area contributed by atoms with Crippen molar-refractivity contribution in [2.75, 3.05) is 29.9 Å². The first-order valence-corrected chi connectivity index (χ1v) is 6.89. The Morgan fingerprint density at radius 1 is 1.43 bits per heavy atom. The summed E-state index contributed by atoms with van der Waals surface area (Å²) in [5, 5.41) is 12.8. The number of piperidine rings is 1. The van der Waals surface area contributed by atoms with Crippen molar-refractivity contribution in [2.24, 2.45) is 0 Å². The second-order valence-corrected chi connectivity index (χ2v) is 5.49. The molecule has 2 heterocycles. The van der Waals surface area contributed by atoms with E-state index in [9.17, 15) is 18.3 Å². The minimum atomic E-state index is -4.53. The van der Waals surface area contributed by atoms with E-state index in [0.717, 1.165) is 6.07 Å². The number of rotatable bonds is 3. The van der Waals surface area contributed by atoms with E-state index in [1.165, 1.54) is 0 Å². The highest BCUT2D eigenvalue weighted by Crippen LogP contribution is 2.32. The van der Waals surface area contributed by atoms with Crippen LogP contribution in [0.25, 0.3) is 0 Å². The summed E-state index contributed by atoms with van der Waals surface area (Å²) in [6.45, 7) is 4.69. The number of nitrogens with one attached hydrogen (secondary N) is 1. The summed E-state index contributed by atoms with van der Waals surface area (Å²) in [7, 11) is 0. The van der Waals surface area contributed by atoms with Crippen LogP contribution in [0.3, 0.4) is 0 Å². The van der Waals surface area contributed by atoms with Gasteiger partial charge in [0, 0.05) is 25.7 Å². The van der Waals surface area contributed by atoms with Crippen molar-refractivity contribution < 1.29 is 18.3 Å². The van der Waals surface area contributed by atoms with Gasteiger partial charge in [0.15, 0.2) is 5.69 Å². The van der Waals surface area contributed by atoms with Crippen LogP contribution in [0.4, 0.5) is 24.9 Å². The van der Waals surface area contributed by atoms with Crippen molar-refractivity contribution in [1.29, 1.82) is 0 Å². The molecule has 0 bridgehead atoms. The Morgan fingerprint density at radius 3 is 2.71 bits per heavy atom. The molecular formula is C13H19F3N4O. The standard InChI is InChI=1S/C13H19F3N4O/c1-3-17-11-18-9(13(14,15)16)7-10(19-11)20-6-4-5-12(2,21)8-20/h7,21H,3-6,8H2,1-2H3,(H,17,18,19). The first-order valence-electron chi connectivity index (χ1n) is 6.89. The summed E-state index contributed by atoms with van der Waals surface area (Å²) in [6, 6.07) is 0.933. The molecule has 0 aliphatic carbocycles. The fraction of sp³-hybridized carbons (Fsp3) is 0.692. The zero-order chi connectivity index (χ0) is 15.7. The molecule has 1 saturated heterocycles. The number of anilines is 2. The molecule has 1 aromatic rings.